The lowest BCUT2D eigenvalue weighted by Crippen LogP contribution is -2.29. The Morgan fingerprint density at radius 3 is 2.37 bits per heavy atom. The predicted molar refractivity (Wildman–Crippen MR) is 77.9 cm³/mol. The zero-order chi connectivity index (χ0) is 13.8. The Hall–Kier alpha value is -1.84. The number of amides is 1. The Morgan fingerprint density at radius 2 is 1.79 bits per heavy atom. The summed E-state index contributed by atoms with van der Waals surface area (Å²) < 4.78 is 0. The van der Waals surface area contributed by atoms with E-state index in [9.17, 15) is 4.79 Å². The van der Waals surface area contributed by atoms with Crippen molar-refractivity contribution in [2.75, 3.05) is 5.73 Å². The number of carbonyl (C=O) groups excluding carboxylic acids is 1. The van der Waals surface area contributed by atoms with Gasteiger partial charge < -0.3 is 5.73 Å². The topological polar surface area (TPSA) is 67.5 Å². The minimum absolute atomic E-state index is 0.183. The van der Waals surface area contributed by atoms with Gasteiger partial charge in [-0.2, -0.15) is 5.10 Å². The Bertz CT molecular complexity index is 467. The maximum Gasteiger partial charge on any atom is 0.271 e. The molecule has 1 aromatic rings. The number of rotatable bonds is 2. The fourth-order valence-electron chi connectivity index (χ4n) is 2.55. The van der Waals surface area contributed by atoms with Crippen molar-refractivity contribution in [1.82, 2.24) is 5.43 Å². The molecule has 4 heteroatoms. The minimum atomic E-state index is -0.183. The zero-order valence-electron chi connectivity index (χ0n) is 11.5. The minimum Gasteiger partial charge on any atom is -0.399 e. The number of benzene rings is 1. The van der Waals surface area contributed by atoms with E-state index in [1.165, 1.54) is 6.42 Å². The summed E-state index contributed by atoms with van der Waals surface area (Å²) in [7, 11) is 0. The smallest absolute Gasteiger partial charge is 0.271 e. The molecule has 1 saturated carbocycles. The van der Waals surface area contributed by atoms with E-state index in [4.69, 9.17) is 5.73 Å². The second kappa shape index (κ2) is 5.87. The Balaban J connectivity index is 2.04. The van der Waals surface area contributed by atoms with Crippen molar-refractivity contribution in [2.45, 2.75) is 33.1 Å². The highest BCUT2D eigenvalue weighted by atomic mass is 16.2. The number of hydrogen-bond donors (Lipinski definition) is 2. The molecule has 1 fully saturated rings. The highest BCUT2D eigenvalue weighted by Crippen LogP contribution is 2.25. The SMILES string of the molecule is C[C@@H]1CCC[C@@H](C)C1=NNC(=O)c1ccc(N)cc1. The van der Waals surface area contributed by atoms with E-state index in [-0.39, 0.29) is 5.91 Å². The number of carbonyl (C=O) groups is 1. The normalized spacial score (nSPS) is 22.9. The lowest BCUT2D eigenvalue weighted by Gasteiger charge is -2.26. The van der Waals surface area contributed by atoms with E-state index in [1.807, 2.05) is 0 Å². The van der Waals surface area contributed by atoms with Crippen LogP contribution in [0.2, 0.25) is 0 Å². The Morgan fingerprint density at radius 1 is 1.21 bits per heavy atom. The number of hydrogen-bond acceptors (Lipinski definition) is 3. The first-order valence-corrected chi connectivity index (χ1v) is 6.81. The van der Waals surface area contributed by atoms with Gasteiger partial charge >= 0.3 is 0 Å². The molecule has 2 atom stereocenters. The van der Waals surface area contributed by atoms with Gasteiger partial charge in [0.25, 0.3) is 5.91 Å². The van der Waals surface area contributed by atoms with Crippen LogP contribution in [0.15, 0.2) is 29.4 Å². The first-order chi connectivity index (χ1) is 9.08. The zero-order valence-corrected chi connectivity index (χ0v) is 11.5. The van der Waals surface area contributed by atoms with Crippen LogP contribution < -0.4 is 11.2 Å². The van der Waals surface area contributed by atoms with Crippen LogP contribution in [0.4, 0.5) is 5.69 Å². The molecular formula is C15H21N3O. The van der Waals surface area contributed by atoms with E-state index < -0.39 is 0 Å². The van der Waals surface area contributed by atoms with Crippen molar-refractivity contribution in [3.8, 4) is 0 Å². The largest absolute Gasteiger partial charge is 0.399 e. The highest BCUT2D eigenvalue weighted by molar-refractivity contribution is 5.96. The molecule has 1 aliphatic rings. The molecule has 4 nitrogen and oxygen atoms in total. The molecule has 0 unspecified atom stereocenters. The van der Waals surface area contributed by atoms with Crippen LogP contribution >= 0.6 is 0 Å². The molecule has 0 bridgehead atoms. The van der Waals surface area contributed by atoms with Crippen molar-refractivity contribution >= 4 is 17.3 Å². The molecule has 2 rings (SSSR count). The average molecular weight is 259 g/mol. The summed E-state index contributed by atoms with van der Waals surface area (Å²) >= 11 is 0. The summed E-state index contributed by atoms with van der Waals surface area (Å²) in [5.74, 6) is 0.725. The van der Waals surface area contributed by atoms with Gasteiger partial charge in [0.15, 0.2) is 0 Å². The number of nitrogens with one attached hydrogen (secondary N) is 1. The molecule has 0 aliphatic heterocycles. The molecule has 1 aromatic carbocycles. The van der Waals surface area contributed by atoms with E-state index >= 15 is 0 Å². The quantitative estimate of drug-likeness (QED) is 0.633. The summed E-state index contributed by atoms with van der Waals surface area (Å²) in [6, 6.07) is 6.85. The van der Waals surface area contributed by atoms with Crippen molar-refractivity contribution in [3.63, 3.8) is 0 Å². The molecule has 0 radical (unpaired) electrons. The fourth-order valence-corrected chi connectivity index (χ4v) is 2.55. The molecule has 0 saturated heterocycles. The van der Waals surface area contributed by atoms with Crippen LogP contribution in [0.25, 0.3) is 0 Å². The maximum atomic E-state index is 12.0. The third kappa shape index (κ3) is 3.34. The van der Waals surface area contributed by atoms with Crippen LogP contribution in [-0.4, -0.2) is 11.6 Å². The van der Waals surface area contributed by atoms with Crippen molar-refractivity contribution in [1.29, 1.82) is 0 Å². The molecule has 1 amide bonds. The molecule has 0 heterocycles. The summed E-state index contributed by atoms with van der Waals surface area (Å²) in [6.45, 7) is 4.34. The lowest BCUT2D eigenvalue weighted by molar-refractivity contribution is 0.0954. The molecule has 0 aromatic heterocycles. The molecule has 0 spiro atoms. The molecule has 1 aliphatic carbocycles. The number of anilines is 1. The van der Waals surface area contributed by atoms with Crippen LogP contribution in [0, 0.1) is 11.8 Å². The van der Waals surface area contributed by atoms with Gasteiger partial charge in [0.05, 0.1) is 0 Å². The number of nitrogen functional groups attached to an aromatic ring is 1. The summed E-state index contributed by atoms with van der Waals surface area (Å²) in [5, 5.41) is 4.33. The van der Waals surface area contributed by atoms with Crippen LogP contribution in [0.5, 0.6) is 0 Å². The Kier molecular flexibility index (Phi) is 4.20. The summed E-state index contributed by atoms with van der Waals surface area (Å²) in [6.07, 6.45) is 3.55. The lowest BCUT2D eigenvalue weighted by atomic mass is 9.81. The summed E-state index contributed by atoms with van der Waals surface area (Å²) in [4.78, 5) is 12.0. The number of hydrazone groups is 1. The van der Waals surface area contributed by atoms with Gasteiger partial charge in [-0.25, -0.2) is 5.43 Å². The summed E-state index contributed by atoms with van der Waals surface area (Å²) in [5.41, 5.74) is 10.6. The molecule has 19 heavy (non-hydrogen) atoms. The third-order valence-corrected chi connectivity index (χ3v) is 3.74. The van der Waals surface area contributed by atoms with Gasteiger partial charge in [0.1, 0.15) is 0 Å². The van der Waals surface area contributed by atoms with Gasteiger partial charge in [0, 0.05) is 17.0 Å². The highest BCUT2D eigenvalue weighted by Gasteiger charge is 2.23. The van der Waals surface area contributed by atoms with Crippen molar-refractivity contribution in [3.05, 3.63) is 29.8 Å². The van der Waals surface area contributed by atoms with E-state index in [1.54, 1.807) is 24.3 Å². The first-order valence-electron chi connectivity index (χ1n) is 6.81. The van der Waals surface area contributed by atoms with Gasteiger partial charge in [-0.15, -0.1) is 0 Å². The Labute approximate surface area is 114 Å². The monoisotopic (exact) mass is 259 g/mol. The van der Waals surface area contributed by atoms with E-state index in [0.29, 0.717) is 23.1 Å². The van der Waals surface area contributed by atoms with Crippen molar-refractivity contribution in [2.24, 2.45) is 16.9 Å². The molecule has 102 valence electrons. The van der Waals surface area contributed by atoms with Gasteiger partial charge in [0.2, 0.25) is 0 Å². The average Bonchev–Trinajstić information content (AvgIpc) is 2.38. The molecular weight excluding hydrogens is 238 g/mol. The van der Waals surface area contributed by atoms with E-state index in [2.05, 4.69) is 24.4 Å². The van der Waals surface area contributed by atoms with Gasteiger partial charge in [-0.1, -0.05) is 20.3 Å². The molecule has 3 N–H and O–H groups in total. The third-order valence-electron chi connectivity index (χ3n) is 3.74. The second-order valence-electron chi connectivity index (χ2n) is 5.33. The number of nitrogens with two attached hydrogens (primary N) is 1. The van der Waals surface area contributed by atoms with Crippen molar-refractivity contribution < 1.29 is 4.79 Å². The van der Waals surface area contributed by atoms with E-state index in [0.717, 1.165) is 18.6 Å². The maximum absolute atomic E-state index is 12.0. The first kappa shape index (κ1) is 13.6. The standard InChI is InChI=1S/C15H21N3O/c1-10-4-3-5-11(2)14(10)17-18-15(19)12-6-8-13(16)9-7-12/h6-11H,3-5,16H2,1-2H3,(H,18,19)/t10-,11-/m1/s1. The predicted octanol–water partition coefficient (Wildman–Crippen LogP) is 2.81. The van der Waals surface area contributed by atoms with Gasteiger partial charge in [-0.3, -0.25) is 4.79 Å². The fraction of sp³-hybridized carbons (Fsp3) is 0.467. The number of nitrogens with zero attached hydrogens (tertiary/aromatic N) is 1. The van der Waals surface area contributed by atoms with Gasteiger partial charge in [-0.05, 0) is 48.9 Å². The van der Waals surface area contributed by atoms with Crippen LogP contribution in [0.1, 0.15) is 43.5 Å². The second-order valence-corrected chi connectivity index (χ2v) is 5.33. The van der Waals surface area contributed by atoms with Crippen LogP contribution in [0.3, 0.4) is 0 Å². The van der Waals surface area contributed by atoms with Crippen LogP contribution in [-0.2, 0) is 0 Å².